The van der Waals surface area contributed by atoms with Gasteiger partial charge in [0.25, 0.3) is 0 Å². The van der Waals surface area contributed by atoms with E-state index in [9.17, 15) is 0 Å². The van der Waals surface area contributed by atoms with Gasteiger partial charge in [-0.15, -0.1) is 11.3 Å². The second-order valence-corrected chi connectivity index (χ2v) is 6.12. The van der Waals surface area contributed by atoms with E-state index in [0.717, 1.165) is 16.5 Å². The van der Waals surface area contributed by atoms with E-state index >= 15 is 0 Å². The molecule has 0 aliphatic heterocycles. The van der Waals surface area contributed by atoms with Crippen molar-refractivity contribution >= 4 is 22.8 Å². The Morgan fingerprint density at radius 1 is 1.40 bits per heavy atom. The lowest BCUT2D eigenvalue weighted by Crippen LogP contribution is -2.07. The first-order chi connectivity index (χ1) is 9.70. The van der Waals surface area contributed by atoms with Crippen LogP contribution in [0.5, 0.6) is 5.88 Å². The molecule has 0 amide bonds. The Morgan fingerprint density at radius 3 is 2.95 bits per heavy atom. The molecule has 1 saturated carbocycles. The van der Waals surface area contributed by atoms with Gasteiger partial charge in [0.15, 0.2) is 0 Å². The van der Waals surface area contributed by atoms with Gasteiger partial charge in [0.2, 0.25) is 5.88 Å². The van der Waals surface area contributed by atoms with E-state index in [1.165, 1.54) is 12.8 Å². The van der Waals surface area contributed by atoms with Gasteiger partial charge >= 0.3 is 0 Å². The molecule has 2 aromatic rings. The van der Waals surface area contributed by atoms with E-state index in [1.54, 1.807) is 11.3 Å². The molecule has 3 N–H and O–H groups in total. The molecule has 6 heteroatoms. The molecule has 1 fully saturated rings. The van der Waals surface area contributed by atoms with Crippen molar-refractivity contribution in [1.29, 1.82) is 0 Å². The van der Waals surface area contributed by atoms with Gasteiger partial charge in [-0.25, -0.2) is 4.98 Å². The van der Waals surface area contributed by atoms with Crippen LogP contribution in [0.1, 0.15) is 23.5 Å². The van der Waals surface area contributed by atoms with Gasteiger partial charge in [0, 0.05) is 5.38 Å². The number of nitrogens with one attached hydrogen (secondary N) is 1. The molecule has 106 valence electrons. The van der Waals surface area contributed by atoms with E-state index in [2.05, 4.69) is 15.3 Å². The predicted octanol–water partition coefficient (Wildman–Crippen LogP) is 2.83. The molecule has 2 heterocycles. The van der Waals surface area contributed by atoms with E-state index in [-0.39, 0.29) is 0 Å². The van der Waals surface area contributed by atoms with Crippen molar-refractivity contribution in [2.75, 3.05) is 17.7 Å². The molecular weight excluding hydrogens is 272 g/mol. The minimum Gasteiger partial charge on any atom is -0.476 e. The molecule has 0 atom stereocenters. The zero-order chi connectivity index (χ0) is 13.9. The van der Waals surface area contributed by atoms with Crippen molar-refractivity contribution in [3.8, 4) is 5.88 Å². The highest BCUT2D eigenvalue weighted by Gasteiger charge is 2.22. The molecule has 1 aliphatic rings. The average Bonchev–Trinajstić information content (AvgIpc) is 3.18. The summed E-state index contributed by atoms with van der Waals surface area (Å²) in [7, 11) is 0. The topological polar surface area (TPSA) is 73.1 Å². The second kappa shape index (κ2) is 5.66. The fourth-order valence-corrected chi connectivity index (χ4v) is 2.43. The Hall–Kier alpha value is -1.82. The fourth-order valence-electron chi connectivity index (χ4n) is 1.82. The van der Waals surface area contributed by atoms with Gasteiger partial charge in [0.05, 0.1) is 29.5 Å². The molecule has 2 aromatic heterocycles. The van der Waals surface area contributed by atoms with E-state index < -0.39 is 0 Å². The Kier molecular flexibility index (Phi) is 3.73. The maximum Gasteiger partial charge on any atom is 0.239 e. The van der Waals surface area contributed by atoms with Crippen LogP contribution in [0.2, 0.25) is 0 Å². The Labute approximate surface area is 122 Å². The lowest BCUT2D eigenvalue weighted by molar-refractivity contribution is 0.290. The summed E-state index contributed by atoms with van der Waals surface area (Å²) in [6.07, 6.45) is 2.50. The van der Waals surface area contributed by atoms with Crippen molar-refractivity contribution in [1.82, 2.24) is 9.97 Å². The van der Waals surface area contributed by atoms with Crippen molar-refractivity contribution in [2.24, 2.45) is 5.92 Å². The molecule has 0 radical (unpaired) electrons. The minimum atomic E-state index is 0.524. The summed E-state index contributed by atoms with van der Waals surface area (Å²) in [4.78, 5) is 8.82. The molecular formula is C14H18N4OS. The van der Waals surface area contributed by atoms with E-state index in [4.69, 9.17) is 10.5 Å². The Morgan fingerprint density at radius 2 is 2.25 bits per heavy atom. The summed E-state index contributed by atoms with van der Waals surface area (Å²) in [5.41, 5.74) is 7.48. The van der Waals surface area contributed by atoms with Crippen molar-refractivity contribution in [3.63, 3.8) is 0 Å². The zero-order valence-electron chi connectivity index (χ0n) is 11.4. The maximum atomic E-state index is 5.88. The first kappa shape index (κ1) is 13.2. The molecule has 0 bridgehead atoms. The van der Waals surface area contributed by atoms with Gasteiger partial charge in [-0.05, 0) is 37.8 Å². The number of thiazole rings is 1. The minimum absolute atomic E-state index is 0.524. The number of nitrogens with two attached hydrogens (primary N) is 1. The first-order valence-electron chi connectivity index (χ1n) is 6.75. The normalized spacial score (nSPS) is 14.2. The highest BCUT2D eigenvalue weighted by atomic mass is 32.1. The van der Waals surface area contributed by atoms with Crippen LogP contribution in [0.25, 0.3) is 0 Å². The lowest BCUT2D eigenvalue weighted by Gasteiger charge is -2.10. The molecule has 0 saturated heterocycles. The van der Waals surface area contributed by atoms with Gasteiger partial charge in [-0.2, -0.15) is 4.98 Å². The molecule has 0 aromatic carbocycles. The summed E-state index contributed by atoms with van der Waals surface area (Å²) < 4.78 is 5.67. The van der Waals surface area contributed by atoms with Gasteiger partial charge < -0.3 is 15.8 Å². The number of nitrogens with zero attached hydrogens (tertiary/aromatic N) is 2. The monoisotopic (exact) mass is 290 g/mol. The predicted molar refractivity (Wildman–Crippen MR) is 81.0 cm³/mol. The van der Waals surface area contributed by atoms with Gasteiger partial charge in [-0.1, -0.05) is 0 Å². The number of ether oxygens (including phenoxy) is 1. The first-order valence-corrected chi connectivity index (χ1v) is 7.63. The Bertz CT molecular complexity index is 595. The largest absolute Gasteiger partial charge is 0.476 e. The second-order valence-electron chi connectivity index (χ2n) is 5.06. The quantitative estimate of drug-likeness (QED) is 0.856. The van der Waals surface area contributed by atoms with Crippen LogP contribution in [0.3, 0.4) is 0 Å². The number of aryl methyl sites for hydroxylation is 1. The number of hydrogen-bond acceptors (Lipinski definition) is 6. The van der Waals surface area contributed by atoms with Crippen LogP contribution >= 0.6 is 11.3 Å². The van der Waals surface area contributed by atoms with Crippen molar-refractivity contribution in [3.05, 3.63) is 28.2 Å². The third-order valence-corrected chi connectivity index (χ3v) is 3.98. The number of pyridine rings is 1. The SMILES string of the molecule is Cc1nc(CNc2ccc(N)c(OCC3CC3)n2)cs1. The van der Waals surface area contributed by atoms with Crippen molar-refractivity contribution < 1.29 is 4.74 Å². The van der Waals surface area contributed by atoms with Crippen LogP contribution in [0.15, 0.2) is 17.5 Å². The third kappa shape index (κ3) is 3.39. The summed E-state index contributed by atoms with van der Waals surface area (Å²) in [5, 5.41) is 6.36. The fraction of sp³-hybridized carbons (Fsp3) is 0.429. The lowest BCUT2D eigenvalue weighted by atomic mass is 10.4. The summed E-state index contributed by atoms with van der Waals surface area (Å²) >= 11 is 1.65. The molecule has 1 aliphatic carbocycles. The molecule has 20 heavy (non-hydrogen) atoms. The number of hydrogen-bond donors (Lipinski definition) is 2. The third-order valence-electron chi connectivity index (χ3n) is 3.16. The molecule has 0 spiro atoms. The summed E-state index contributed by atoms with van der Waals surface area (Å²) in [6, 6.07) is 3.68. The number of nitrogen functional groups attached to an aromatic ring is 1. The van der Waals surface area contributed by atoms with E-state index in [0.29, 0.717) is 30.6 Å². The van der Waals surface area contributed by atoms with Crippen LogP contribution in [0.4, 0.5) is 11.5 Å². The average molecular weight is 290 g/mol. The van der Waals surface area contributed by atoms with Gasteiger partial charge in [-0.3, -0.25) is 0 Å². The number of anilines is 2. The maximum absolute atomic E-state index is 5.88. The van der Waals surface area contributed by atoms with Crippen molar-refractivity contribution in [2.45, 2.75) is 26.3 Å². The smallest absolute Gasteiger partial charge is 0.239 e. The van der Waals surface area contributed by atoms with Crippen LogP contribution < -0.4 is 15.8 Å². The van der Waals surface area contributed by atoms with Gasteiger partial charge in [0.1, 0.15) is 5.82 Å². The highest BCUT2D eigenvalue weighted by molar-refractivity contribution is 7.09. The zero-order valence-corrected chi connectivity index (χ0v) is 12.2. The summed E-state index contributed by atoms with van der Waals surface area (Å²) in [6.45, 7) is 3.37. The van der Waals surface area contributed by atoms with Crippen LogP contribution in [-0.4, -0.2) is 16.6 Å². The molecule has 5 nitrogen and oxygen atoms in total. The summed E-state index contributed by atoms with van der Waals surface area (Å²) in [5.74, 6) is 1.97. The molecule has 3 rings (SSSR count). The van der Waals surface area contributed by atoms with Crippen LogP contribution in [0, 0.1) is 12.8 Å². The standard InChI is InChI=1S/C14H18N4OS/c1-9-17-11(8-20-9)6-16-13-5-4-12(15)14(18-13)19-7-10-2-3-10/h4-5,8,10H,2-3,6-7,15H2,1H3,(H,16,18). The van der Waals surface area contributed by atoms with E-state index in [1.807, 2.05) is 24.4 Å². The number of aromatic nitrogens is 2. The highest BCUT2D eigenvalue weighted by Crippen LogP contribution is 2.30. The molecule has 0 unspecified atom stereocenters. The number of rotatable bonds is 6. The van der Waals surface area contributed by atoms with Crippen LogP contribution in [-0.2, 0) is 6.54 Å². The Balaban J connectivity index is 1.61.